The number of rotatable bonds is 3. The Hall–Kier alpha value is -2.22. The van der Waals surface area contributed by atoms with Crippen LogP contribution in [-0.4, -0.2) is 57.8 Å². The number of nitrogens with one attached hydrogen (secondary N) is 1. The second-order valence-electron chi connectivity index (χ2n) is 3.98. The van der Waals surface area contributed by atoms with Crippen molar-refractivity contribution in [1.29, 1.82) is 0 Å². The van der Waals surface area contributed by atoms with E-state index in [1.54, 1.807) is 12.3 Å². The number of carboxylic acids is 1. The van der Waals surface area contributed by atoms with Crippen LogP contribution in [-0.2, 0) is 16.1 Å². The Bertz CT molecular complexity index is 453. The number of urea groups is 1. The largest absolute Gasteiger partial charge is 0.480 e. The van der Waals surface area contributed by atoms with Crippen molar-refractivity contribution >= 4 is 12.0 Å². The van der Waals surface area contributed by atoms with Gasteiger partial charge in [0.2, 0.25) is 0 Å². The second-order valence-corrected chi connectivity index (χ2v) is 3.98. The zero-order valence-electron chi connectivity index (χ0n) is 10.2. The molecule has 0 aromatic carbocycles. The highest BCUT2D eigenvalue weighted by Gasteiger charge is 2.32. The van der Waals surface area contributed by atoms with Crippen LogP contribution in [0.3, 0.4) is 0 Å². The summed E-state index contributed by atoms with van der Waals surface area (Å²) in [4.78, 5) is 32.0. The SMILES string of the molecule is O=C(O)C1COCCN1C(=O)NCc1ccncn1. The van der Waals surface area contributed by atoms with Gasteiger partial charge in [-0.25, -0.2) is 19.6 Å². The number of ether oxygens (including phenoxy) is 1. The Kier molecular flexibility index (Phi) is 4.24. The first-order valence-corrected chi connectivity index (χ1v) is 5.78. The van der Waals surface area contributed by atoms with Crippen LogP contribution in [0, 0.1) is 0 Å². The van der Waals surface area contributed by atoms with Gasteiger partial charge in [0, 0.05) is 12.7 Å². The molecule has 8 nitrogen and oxygen atoms in total. The normalized spacial score (nSPS) is 18.9. The van der Waals surface area contributed by atoms with Gasteiger partial charge in [0.05, 0.1) is 25.5 Å². The van der Waals surface area contributed by atoms with Crippen LogP contribution in [0.1, 0.15) is 5.69 Å². The molecule has 19 heavy (non-hydrogen) atoms. The van der Waals surface area contributed by atoms with Crippen molar-refractivity contribution in [2.75, 3.05) is 19.8 Å². The maximum atomic E-state index is 11.9. The average molecular weight is 266 g/mol. The van der Waals surface area contributed by atoms with E-state index in [0.29, 0.717) is 12.3 Å². The molecule has 2 heterocycles. The van der Waals surface area contributed by atoms with Gasteiger partial charge in [0.15, 0.2) is 6.04 Å². The molecule has 2 N–H and O–H groups in total. The molecule has 0 radical (unpaired) electrons. The van der Waals surface area contributed by atoms with Gasteiger partial charge in [0.1, 0.15) is 6.33 Å². The first kappa shape index (κ1) is 13.2. The van der Waals surface area contributed by atoms with E-state index >= 15 is 0 Å². The van der Waals surface area contributed by atoms with Gasteiger partial charge in [-0.3, -0.25) is 0 Å². The van der Waals surface area contributed by atoms with Crippen LogP contribution in [0.25, 0.3) is 0 Å². The first-order valence-electron chi connectivity index (χ1n) is 5.78. The summed E-state index contributed by atoms with van der Waals surface area (Å²) in [5, 5.41) is 11.7. The lowest BCUT2D eigenvalue weighted by molar-refractivity contribution is -0.147. The Morgan fingerprint density at radius 2 is 2.42 bits per heavy atom. The zero-order valence-corrected chi connectivity index (χ0v) is 10.2. The molecule has 0 spiro atoms. The number of nitrogens with zero attached hydrogens (tertiary/aromatic N) is 3. The fourth-order valence-corrected chi connectivity index (χ4v) is 1.74. The smallest absolute Gasteiger partial charge is 0.328 e. The highest BCUT2D eigenvalue weighted by Crippen LogP contribution is 2.07. The topological polar surface area (TPSA) is 105 Å². The number of amides is 2. The molecule has 0 bridgehead atoms. The van der Waals surface area contributed by atoms with E-state index in [1.165, 1.54) is 11.2 Å². The van der Waals surface area contributed by atoms with Crippen molar-refractivity contribution in [3.8, 4) is 0 Å². The third kappa shape index (κ3) is 3.38. The monoisotopic (exact) mass is 266 g/mol. The molecule has 0 saturated carbocycles. The standard InChI is InChI=1S/C11H14N4O4/c16-10(17)9-6-19-4-3-15(9)11(18)13-5-8-1-2-12-7-14-8/h1-2,7,9H,3-6H2,(H,13,18)(H,16,17). The van der Waals surface area contributed by atoms with Crippen LogP contribution >= 0.6 is 0 Å². The predicted octanol–water partition coefficient (Wildman–Crippen LogP) is -0.528. The highest BCUT2D eigenvalue weighted by molar-refractivity contribution is 5.82. The number of hydrogen-bond acceptors (Lipinski definition) is 5. The van der Waals surface area contributed by atoms with Crippen molar-refractivity contribution in [3.05, 3.63) is 24.3 Å². The number of morpholine rings is 1. The number of carboxylic acid groups (broad SMARTS) is 1. The van der Waals surface area contributed by atoms with Crippen molar-refractivity contribution in [2.24, 2.45) is 0 Å². The van der Waals surface area contributed by atoms with E-state index in [2.05, 4.69) is 15.3 Å². The molecule has 2 rings (SSSR count). The number of aromatic nitrogens is 2. The summed E-state index contributed by atoms with van der Waals surface area (Å²) in [7, 11) is 0. The Morgan fingerprint density at radius 1 is 1.58 bits per heavy atom. The van der Waals surface area contributed by atoms with E-state index in [4.69, 9.17) is 9.84 Å². The van der Waals surface area contributed by atoms with Crippen molar-refractivity contribution in [3.63, 3.8) is 0 Å². The summed E-state index contributed by atoms with van der Waals surface area (Å²) in [6.07, 6.45) is 2.96. The minimum absolute atomic E-state index is 0.0102. The fraction of sp³-hybridized carbons (Fsp3) is 0.455. The summed E-state index contributed by atoms with van der Waals surface area (Å²) in [5.74, 6) is -1.07. The average Bonchev–Trinajstić information content (AvgIpc) is 2.46. The van der Waals surface area contributed by atoms with Crippen LogP contribution in [0.15, 0.2) is 18.6 Å². The van der Waals surface area contributed by atoms with E-state index < -0.39 is 18.0 Å². The van der Waals surface area contributed by atoms with Crippen LogP contribution < -0.4 is 5.32 Å². The minimum Gasteiger partial charge on any atom is -0.480 e. The van der Waals surface area contributed by atoms with Crippen molar-refractivity contribution < 1.29 is 19.4 Å². The van der Waals surface area contributed by atoms with Gasteiger partial charge in [0.25, 0.3) is 0 Å². The van der Waals surface area contributed by atoms with Crippen molar-refractivity contribution in [2.45, 2.75) is 12.6 Å². The van der Waals surface area contributed by atoms with E-state index in [0.717, 1.165) is 0 Å². The molecular formula is C11H14N4O4. The fourth-order valence-electron chi connectivity index (χ4n) is 1.74. The third-order valence-electron chi connectivity index (χ3n) is 2.74. The highest BCUT2D eigenvalue weighted by atomic mass is 16.5. The number of carbonyl (C=O) groups excluding carboxylic acids is 1. The maximum Gasteiger partial charge on any atom is 0.328 e. The first-order chi connectivity index (χ1) is 9.18. The van der Waals surface area contributed by atoms with Gasteiger partial charge >= 0.3 is 12.0 Å². The quantitative estimate of drug-likeness (QED) is 0.762. The van der Waals surface area contributed by atoms with Gasteiger partial charge in [-0.15, -0.1) is 0 Å². The van der Waals surface area contributed by atoms with Gasteiger partial charge in [-0.1, -0.05) is 0 Å². The number of aliphatic carboxylic acids is 1. The van der Waals surface area contributed by atoms with E-state index in [1.807, 2.05) is 0 Å². The third-order valence-corrected chi connectivity index (χ3v) is 2.74. The van der Waals surface area contributed by atoms with E-state index in [-0.39, 0.29) is 19.7 Å². The maximum absolute atomic E-state index is 11.9. The summed E-state index contributed by atoms with van der Waals surface area (Å²) in [5.41, 5.74) is 0.656. The lowest BCUT2D eigenvalue weighted by Gasteiger charge is -2.32. The molecule has 1 saturated heterocycles. The van der Waals surface area contributed by atoms with E-state index in [9.17, 15) is 9.59 Å². The lowest BCUT2D eigenvalue weighted by Crippen LogP contribution is -2.55. The molecule has 1 atom stereocenters. The minimum atomic E-state index is -1.07. The van der Waals surface area contributed by atoms with Crippen LogP contribution in [0.2, 0.25) is 0 Å². The summed E-state index contributed by atoms with van der Waals surface area (Å²) in [6.45, 7) is 0.832. The molecule has 0 aliphatic carbocycles. The summed E-state index contributed by atoms with van der Waals surface area (Å²) in [6, 6.07) is 0.294. The Morgan fingerprint density at radius 3 is 3.11 bits per heavy atom. The second kappa shape index (κ2) is 6.10. The Balaban J connectivity index is 1.93. The molecule has 1 aromatic rings. The van der Waals surface area contributed by atoms with Gasteiger partial charge in [-0.2, -0.15) is 0 Å². The van der Waals surface area contributed by atoms with Gasteiger partial charge in [-0.05, 0) is 6.07 Å². The number of carbonyl (C=O) groups is 2. The molecule has 1 aliphatic rings. The molecular weight excluding hydrogens is 252 g/mol. The van der Waals surface area contributed by atoms with Crippen LogP contribution in [0.4, 0.5) is 4.79 Å². The molecule has 1 aliphatic heterocycles. The Labute approximate surface area is 109 Å². The van der Waals surface area contributed by atoms with Crippen molar-refractivity contribution in [1.82, 2.24) is 20.2 Å². The van der Waals surface area contributed by atoms with Crippen LogP contribution in [0.5, 0.6) is 0 Å². The lowest BCUT2D eigenvalue weighted by atomic mass is 10.2. The predicted molar refractivity (Wildman–Crippen MR) is 63.2 cm³/mol. The number of hydrogen-bond donors (Lipinski definition) is 2. The van der Waals surface area contributed by atoms with Gasteiger partial charge < -0.3 is 20.1 Å². The summed E-state index contributed by atoms with van der Waals surface area (Å²) >= 11 is 0. The molecule has 1 unspecified atom stereocenters. The molecule has 2 amide bonds. The molecule has 1 fully saturated rings. The summed E-state index contributed by atoms with van der Waals surface area (Å²) < 4.78 is 5.06. The zero-order chi connectivity index (χ0) is 13.7. The molecule has 102 valence electrons. The molecule has 8 heteroatoms. The molecule has 1 aromatic heterocycles.